The Kier molecular flexibility index (Phi) is 4.96. The molecule has 0 aliphatic rings. The highest BCUT2D eigenvalue weighted by molar-refractivity contribution is 7.89. The number of ether oxygens (including phenoxy) is 2. The largest absolute Gasteiger partial charge is 0.497 e. The Bertz CT molecular complexity index is 1010. The molecule has 0 aliphatic heterocycles. The molecule has 138 valence electrons. The summed E-state index contributed by atoms with van der Waals surface area (Å²) in [4.78, 5) is 2.88. The number of methoxy groups -OCH3 is 2. The Morgan fingerprint density at radius 2 is 2.00 bits per heavy atom. The zero-order valence-corrected chi connectivity index (χ0v) is 15.3. The summed E-state index contributed by atoms with van der Waals surface area (Å²) in [5.74, 6) is 1.78. The number of hydrogen-bond acceptors (Lipinski definition) is 7. The zero-order valence-electron chi connectivity index (χ0n) is 14.4. The van der Waals surface area contributed by atoms with Gasteiger partial charge in [-0.2, -0.15) is 0 Å². The van der Waals surface area contributed by atoms with Crippen molar-refractivity contribution in [2.75, 3.05) is 14.2 Å². The Morgan fingerprint density at radius 1 is 1.19 bits per heavy atom. The van der Waals surface area contributed by atoms with Gasteiger partial charge in [0.05, 0.1) is 14.2 Å². The number of aryl methyl sites for hydroxylation is 1. The van der Waals surface area contributed by atoms with E-state index in [9.17, 15) is 8.42 Å². The van der Waals surface area contributed by atoms with Gasteiger partial charge in [-0.1, -0.05) is 0 Å². The molecule has 0 fully saturated rings. The van der Waals surface area contributed by atoms with Crippen LogP contribution in [0.2, 0.25) is 0 Å². The molecule has 2 heterocycles. The van der Waals surface area contributed by atoms with Crippen LogP contribution in [-0.2, 0) is 16.6 Å². The minimum atomic E-state index is -3.75. The molecule has 1 aromatic carbocycles. The van der Waals surface area contributed by atoms with Gasteiger partial charge >= 0.3 is 0 Å². The molecule has 0 unspecified atom stereocenters. The number of sulfonamides is 1. The van der Waals surface area contributed by atoms with Crippen LogP contribution in [0.25, 0.3) is 11.6 Å². The molecule has 3 aromatic rings. The number of rotatable bonds is 7. The summed E-state index contributed by atoms with van der Waals surface area (Å²) in [6, 6.07) is 6.60. The van der Waals surface area contributed by atoms with Crippen molar-refractivity contribution in [1.29, 1.82) is 0 Å². The molecule has 0 atom stereocenters. The van der Waals surface area contributed by atoms with Crippen molar-refractivity contribution in [1.82, 2.24) is 19.9 Å². The number of aromatic nitrogens is 3. The molecule has 0 saturated carbocycles. The van der Waals surface area contributed by atoms with Crippen LogP contribution in [0, 0.1) is 6.92 Å². The summed E-state index contributed by atoms with van der Waals surface area (Å²) in [6.45, 7) is 1.70. The first-order valence-electron chi connectivity index (χ1n) is 7.62. The molecule has 9 nitrogen and oxygen atoms in total. The molecule has 0 saturated heterocycles. The van der Waals surface area contributed by atoms with E-state index in [-0.39, 0.29) is 17.3 Å². The van der Waals surface area contributed by atoms with Crippen LogP contribution in [0.3, 0.4) is 0 Å². The normalized spacial score (nSPS) is 11.5. The highest BCUT2D eigenvalue weighted by Crippen LogP contribution is 2.25. The number of aromatic amines is 1. The molecule has 0 amide bonds. The molecule has 0 bridgehead atoms. The summed E-state index contributed by atoms with van der Waals surface area (Å²) in [5.41, 5.74) is 1.07. The second-order valence-electron chi connectivity index (χ2n) is 5.38. The van der Waals surface area contributed by atoms with Crippen LogP contribution in [-0.4, -0.2) is 37.8 Å². The van der Waals surface area contributed by atoms with Crippen molar-refractivity contribution in [2.24, 2.45) is 0 Å². The van der Waals surface area contributed by atoms with Crippen molar-refractivity contribution in [2.45, 2.75) is 18.4 Å². The number of hydrogen-bond donors (Lipinski definition) is 2. The van der Waals surface area contributed by atoms with Crippen molar-refractivity contribution in [3.63, 3.8) is 0 Å². The van der Waals surface area contributed by atoms with Gasteiger partial charge in [0, 0.05) is 25.2 Å². The molecular weight excluding hydrogens is 360 g/mol. The average Bonchev–Trinajstić information content (AvgIpc) is 3.29. The predicted octanol–water partition coefficient (Wildman–Crippen LogP) is 1.87. The topological polar surface area (TPSA) is 119 Å². The summed E-state index contributed by atoms with van der Waals surface area (Å²) in [5, 5.41) is 7.57. The zero-order chi connectivity index (χ0) is 18.7. The number of nitrogens with zero attached hydrogens (tertiary/aromatic N) is 2. The van der Waals surface area contributed by atoms with Crippen LogP contribution in [0.15, 0.2) is 39.8 Å². The minimum absolute atomic E-state index is 0.0445. The third kappa shape index (κ3) is 3.70. The van der Waals surface area contributed by atoms with E-state index in [2.05, 4.69) is 19.9 Å². The van der Waals surface area contributed by atoms with Gasteiger partial charge in [-0.25, -0.2) is 13.1 Å². The second-order valence-corrected chi connectivity index (χ2v) is 7.14. The summed E-state index contributed by atoms with van der Waals surface area (Å²) < 4.78 is 43.3. The highest BCUT2D eigenvalue weighted by Gasteiger charge is 2.19. The second kappa shape index (κ2) is 7.18. The maximum atomic E-state index is 12.5. The third-order valence-corrected chi connectivity index (χ3v) is 5.04. The fourth-order valence-electron chi connectivity index (χ4n) is 2.33. The number of H-pyrrole nitrogens is 1. The van der Waals surface area contributed by atoms with Crippen LogP contribution < -0.4 is 14.2 Å². The summed E-state index contributed by atoms with van der Waals surface area (Å²) in [7, 11) is -0.694. The molecule has 3 rings (SSSR count). The maximum absolute atomic E-state index is 12.5. The lowest BCUT2D eigenvalue weighted by Crippen LogP contribution is -2.23. The molecule has 0 radical (unpaired) electrons. The van der Waals surface area contributed by atoms with Crippen LogP contribution in [0.4, 0.5) is 0 Å². The average molecular weight is 378 g/mol. The van der Waals surface area contributed by atoms with E-state index in [1.807, 2.05) is 0 Å². The van der Waals surface area contributed by atoms with Crippen molar-refractivity contribution < 1.29 is 22.3 Å². The van der Waals surface area contributed by atoms with E-state index in [1.165, 1.54) is 26.5 Å². The minimum Gasteiger partial charge on any atom is -0.497 e. The van der Waals surface area contributed by atoms with Gasteiger partial charge in [-0.3, -0.25) is 0 Å². The number of nitrogens with one attached hydrogen (secondary N) is 2. The summed E-state index contributed by atoms with van der Waals surface area (Å²) in [6.07, 6.45) is 1.36. The van der Waals surface area contributed by atoms with Crippen molar-refractivity contribution >= 4 is 10.0 Å². The van der Waals surface area contributed by atoms with Gasteiger partial charge < -0.3 is 18.9 Å². The summed E-state index contributed by atoms with van der Waals surface area (Å²) >= 11 is 0. The molecule has 10 heteroatoms. The molecule has 0 spiro atoms. The van der Waals surface area contributed by atoms with E-state index in [1.54, 1.807) is 25.1 Å². The molecule has 2 aromatic heterocycles. The van der Waals surface area contributed by atoms with Gasteiger partial charge in [0.15, 0.2) is 0 Å². The van der Waals surface area contributed by atoms with E-state index in [0.717, 1.165) is 0 Å². The third-order valence-electron chi connectivity index (χ3n) is 3.66. The van der Waals surface area contributed by atoms with Gasteiger partial charge in [-0.05, 0) is 24.3 Å². The molecule has 0 aliphatic carbocycles. The SMILES string of the molecule is COc1ccc(OC)c(CNS(=O)(=O)c2c[nH]c(-c3nnc(C)o3)c2)c1. The van der Waals surface area contributed by atoms with Gasteiger partial charge in [0.1, 0.15) is 22.1 Å². The molecular formula is C16H18N4O5S. The first kappa shape index (κ1) is 18.0. The Morgan fingerprint density at radius 3 is 2.65 bits per heavy atom. The van der Waals surface area contributed by atoms with Crippen LogP contribution >= 0.6 is 0 Å². The fraction of sp³-hybridized carbons (Fsp3) is 0.250. The molecule has 26 heavy (non-hydrogen) atoms. The Labute approximate surface area is 150 Å². The van der Waals surface area contributed by atoms with Gasteiger partial charge in [-0.15, -0.1) is 10.2 Å². The predicted molar refractivity (Wildman–Crippen MR) is 92.4 cm³/mol. The highest BCUT2D eigenvalue weighted by atomic mass is 32.2. The van der Waals surface area contributed by atoms with Crippen molar-refractivity contribution in [3.05, 3.63) is 41.9 Å². The van der Waals surface area contributed by atoms with Crippen molar-refractivity contribution in [3.8, 4) is 23.1 Å². The lowest BCUT2D eigenvalue weighted by Gasteiger charge is -2.11. The van der Waals surface area contributed by atoms with E-state index in [4.69, 9.17) is 13.9 Å². The first-order valence-corrected chi connectivity index (χ1v) is 9.10. The maximum Gasteiger partial charge on any atom is 0.264 e. The monoisotopic (exact) mass is 378 g/mol. The van der Waals surface area contributed by atoms with Crippen LogP contribution in [0.1, 0.15) is 11.5 Å². The Balaban J connectivity index is 1.79. The van der Waals surface area contributed by atoms with E-state index in [0.29, 0.717) is 28.6 Å². The molecule has 2 N–H and O–H groups in total. The number of benzene rings is 1. The van der Waals surface area contributed by atoms with E-state index < -0.39 is 10.0 Å². The fourth-order valence-corrected chi connectivity index (χ4v) is 3.33. The van der Waals surface area contributed by atoms with Gasteiger partial charge in [0.2, 0.25) is 15.9 Å². The first-order chi connectivity index (χ1) is 12.4. The standard InChI is InChI=1S/C16H18N4O5S/c1-10-19-20-16(25-10)14-7-13(9-17-14)26(21,22)18-8-11-6-12(23-2)4-5-15(11)24-3/h4-7,9,17-18H,8H2,1-3H3. The Hall–Kier alpha value is -2.85. The van der Waals surface area contributed by atoms with Gasteiger partial charge in [0.25, 0.3) is 5.89 Å². The lowest BCUT2D eigenvalue weighted by atomic mass is 10.2. The smallest absolute Gasteiger partial charge is 0.264 e. The lowest BCUT2D eigenvalue weighted by molar-refractivity contribution is 0.398. The van der Waals surface area contributed by atoms with E-state index >= 15 is 0 Å². The van der Waals surface area contributed by atoms with Crippen LogP contribution in [0.5, 0.6) is 11.5 Å². The quantitative estimate of drug-likeness (QED) is 0.644.